The second kappa shape index (κ2) is 6.84. The molecule has 1 aliphatic rings. The highest BCUT2D eigenvalue weighted by Crippen LogP contribution is 2.25. The average Bonchev–Trinajstić information content (AvgIpc) is 2.42. The first kappa shape index (κ1) is 15.9. The number of hydrogen-bond donors (Lipinski definition) is 2. The first-order chi connectivity index (χ1) is 8.49. The summed E-state index contributed by atoms with van der Waals surface area (Å²) in [6.07, 6.45) is 4.52. The molecule has 0 aromatic rings. The summed E-state index contributed by atoms with van der Waals surface area (Å²) in [5, 5.41) is 9.44. The van der Waals surface area contributed by atoms with E-state index in [1.165, 1.54) is 4.31 Å². The molecule has 0 aliphatic carbocycles. The number of rotatable bonds is 7. The Hall–Kier alpha value is -0.170. The van der Waals surface area contributed by atoms with Gasteiger partial charge in [0.05, 0.1) is 0 Å². The summed E-state index contributed by atoms with van der Waals surface area (Å²) in [5.41, 5.74) is -0.330. The Morgan fingerprint density at radius 1 is 1.17 bits per heavy atom. The number of aliphatic hydroxyl groups excluding tert-OH is 1. The van der Waals surface area contributed by atoms with E-state index in [0.717, 1.165) is 32.1 Å². The Kier molecular flexibility index (Phi) is 6.04. The zero-order chi connectivity index (χ0) is 13.6. The molecule has 0 radical (unpaired) electrons. The molecule has 5 nitrogen and oxygen atoms in total. The SMILES string of the molecule is CCC(CC)(CO)CNS(=O)(=O)N1CCCCC1. The van der Waals surface area contributed by atoms with Crippen LogP contribution in [-0.4, -0.2) is 44.1 Å². The van der Waals surface area contributed by atoms with Gasteiger partial charge in [0.25, 0.3) is 10.2 Å². The Balaban J connectivity index is 2.59. The van der Waals surface area contributed by atoms with Crippen molar-refractivity contribution in [1.29, 1.82) is 0 Å². The summed E-state index contributed by atoms with van der Waals surface area (Å²) in [5.74, 6) is 0. The molecule has 1 aliphatic heterocycles. The van der Waals surface area contributed by atoms with Crippen LogP contribution in [0.2, 0.25) is 0 Å². The number of nitrogens with zero attached hydrogens (tertiary/aromatic N) is 1. The van der Waals surface area contributed by atoms with Crippen LogP contribution in [0.25, 0.3) is 0 Å². The van der Waals surface area contributed by atoms with Crippen molar-refractivity contribution in [3.63, 3.8) is 0 Å². The molecule has 0 saturated carbocycles. The van der Waals surface area contributed by atoms with Gasteiger partial charge in [0.15, 0.2) is 0 Å². The van der Waals surface area contributed by atoms with Crippen LogP contribution in [0, 0.1) is 5.41 Å². The van der Waals surface area contributed by atoms with Crippen LogP contribution in [0.3, 0.4) is 0 Å². The maximum Gasteiger partial charge on any atom is 0.279 e. The van der Waals surface area contributed by atoms with Crippen molar-refractivity contribution < 1.29 is 13.5 Å². The summed E-state index contributed by atoms with van der Waals surface area (Å²) in [6, 6.07) is 0. The average molecular weight is 278 g/mol. The molecule has 0 bridgehead atoms. The topological polar surface area (TPSA) is 69.6 Å². The van der Waals surface area contributed by atoms with Gasteiger partial charge in [-0.1, -0.05) is 20.3 Å². The van der Waals surface area contributed by atoms with Crippen molar-refractivity contribution >= 4 is 10.2 Å². The molecule has 0 atom stereocenters. The largest absolute Gasteiger partial charge is 0.396 e. The molecule has 0 aromatic heterocycles. The van der Waals surface area contributed by atoms with Crippen molar-refractivity contribution in [1.82, 2.24) is 9.03 Å². The van der Waals surface area contributed by atoms with Gasteiger partial charge in [-0.2, -0.15) is 12.7 Å². The second-order valence-electron chi connectivity index (χ2n) is 5.15. The van der Waals surface area contributed by atoms with E-state index >= 15 is 0 Å². The van der Waals surface area contributed by atoms with Crippen molar-refractivity contribution in [3.05, 3.63) is 0 Å². The van der Waals surface area contributed by atoms with Crippen LogP contribution in [0.15, 0.2) is 0 Å². The minimum Gasteiger partial charge on any atom is -0.396 e. The van der Waals surface area contributed by atoms with Crippen LogP contribution in [0.4, 0.5) is 0 Å². The van der Waals surface area contributed by atoms with Gasteiger partial charge >= 0.3 is 0 Å². The van der Waals surface area contributed by atoms with Crippen molar-refractivity contribution in [2.45, 2.75) is 46.0 Å². The molecule has 1 heterocycles. The highest BCUT2D eigenvalue weighted by Gasteiger charge is 2.30. The third kappa shape index (κ3) is 3.91. The van der Waals surface area contributed by atoms with Crippen LogP contribution in [0.5, 0.6) is 0 Å². The fraction of sp³-hybridized carbons (Fsp3) is 1.00. The molecule has 108 valence electrons. The van der Waals surface area contributed by atoms with Crippen LogP contribution < -0.4 is 4.72 Å². The van der Waals surface area contributed by atoms with E-state index in [0.29, 0.717) is 19.6 Å². The molecular weight excluding hydrogens is 252 g/mol. The van der Waals surface area contributed by atoms with Gasteiger partial charge in [0, 0.05) is 31.7 Å². The summed E-state index contributed by atoms with van der Waals surface area (Å²) >= 11 is 0. The van der Waals surface area contributed by atoms with E-state index < -0.39 is 10.2 Å². The third-order valence-electron chi connectivity index (χ3n) is 4.12. The van der Waals surface area contributed by atoms with E-state index in [9.17, 15) is 13.5 Å². The van der Waals surface area contributed by atoms with Gasteiger partial charge in [-0.05, 0) is 25.7 Å². The van der Waals surface area contributed by atoms with Gasteiger partial charge in [0.1, 0.15) is 0 Å². The van der Waals surface area contributed by atoms with Gasteiger partial charge in [-0.25, -0.2) is 4.72 Å². The van der Waals surface area contributed by atoms with Crippen molar-refractivity contribution in [2.75, 3.05) is 26.2 Å². The minimum absolute atomic E-state index is 0.0164. The summed E-state index contributed by atoms with van der Waals surface area (Å²) in [7, 11) is -3.37. The monoisotopic (exact) mass is 278 g/mol. The fourth-order valence-corrected chi connectivity index (χ4v) is 3.63. The van der Waals surface area contributed by atoms with Crippen LogP contribution in [-0.2, 0) is 10.2 Å². The maximum absolute atomic E-state index is 12.1. The molecular formula is C12H26N2O3S. The Bertz CT molecular complexity index is 325. The van der Waals surface area contributed by atoms with Crippen molar-refractivity contribution in [2.24, 2.45) is 5.41 Å². The lowest BCUT2D eigenvalue weighted by atomic mass is 9.84. The number of hydrogen-bond acceptors (Lipinski definition) is 3. The predicted molar refractivity (Wildman–Crippen MR) is 72.4 cm³/mol. The summed E-state index contributed by atoms with van der Waals surface area (Å²) < 4.78 is 28.4. The first-order valence-corrected chi connectivity index (χ1v) is 8.29. The normalized spacial score (nSPS) is 19.1. The zero-order valence-corrected chi connectivity index (χ0v) is 12.3. The Morgan fingerprint density at radius 2 is 1.72 bits per heavy atom. The lowest BCUT2D eigenvalue weighted by Gasteiger charge is -2.32. The highest BCUT2D eigenvalue weighted by atomic mass is 32.2. The zero-order valence-electron chi connectivity index (χ0n) is 11.5. The van der Waals surface area contributed by atoms with E-state index in [1.54, 1.807) is 0 Å². The van der Waals surface area contributed by atoms with E-state index in [4.69, 9.17) is 0 Å². The molecule has 0 amide bonds. The molecule has 18 heavy (non-hydrogen) atoms. The lowest BCUT2D eigenvalue weighted by molar-refractivity contribution is 0.118. The maximum atomic E-state index is 12.1. The van der Waals surface area contributed by atoms with Gasteiger partial charge in [0.2, 0.25) is 0 Å². The predicted octanol–water partition coefficient (Wildman–Crippen LogP) is 1.11. The number of nitrogens with one attached hydrogen (secondary N) is 1. The molecule has 1 rings (SSSR count). The molecule has 2 N–H and O–H groups in total. The quantitative estimate of drug-likeness (QED) is 0.733. The highest BCUT2D eigenvalue weighted by molar-refractivity contribution is 7.87. The molecule has 1 saturated heterocycles. The Morgan fingerprint density at radius 3 is 2.17 bits per heavy atom. The van der Waals surface area contributed by atoms with Crippen LogP contribution in [0.1, 0.15) is 46.0 Å². The number of piperidine rings is 1. The second-order valence-corrected chi connectivity index (χ2v) is 6.91. The molecule has 0 aromatic carbocycles. The van der Waals surface area contributed by atoms with Crippen LogP contribution >= 0.6 is 0 Å². The van der Waals surface area contributed by atoms with Gasteiger partial charge in [-0.3, -0.25) is 0 Å². The van der Waals surface area contributed by atoms with E-state index in [2.05, 4.69) is 4.72 Å². The van der Waals surface area contributed by atoms with Gasteiger partial charge < -0.3 is 5.11 Å². The molecule has 6 heteroatoms. The molecule has 1 fully saturated rings. The van der Waals surface area contributed by atoms with E-state index in [1.807, 2.05) is 13.8 Å². The van der Waals surface area contributed by atoms with E-state index in [-0.39, 0.29) is 12.0 Å². The van der Waals surface area contributed by atoms with Crippen molar-refractivity contribution in [3.8, 4) is 0 Å². The minimum atomic E-state index is -3.37. The van der Waals surface area contributed by atoms with Gasteiger partial charge in [-0.15, -0.1) is 0 Å². The standard InChI is InChI=1S/C12H26N2O3S/c1-3-12(4-2,11-15)10-13-18(16,17)14-8-6-5-7-9-14/h13,15H,3-11H2,1-2H3. The molecule has 0 unspecified atom stereocenters. The third-order valence-corrected chi connectivity index (χ3v) is 5.67. The smallest absolute Gasteiger partial charge is 0.279 e. The first-order valence-electron chi connectivity index (χ1n) is 6.85. The Labute approximate surface area is 111 Å². The fourth-order valence-electron chi connectivity index (χ4n) is 2.22. The molecule has 0 spiro atoms. The lowest BCUT2D eigenvalue weighted by Crippen LogP contribution is -2.47. The summed E-state index contributed by atoms with van der Waals surface area (Å²) in [4.78, 5) is 0. The summed E-state index contributed by atoms with van der Waals surface area (Å²) in [6.45, 7) is 5.51. The number of aliphatic hydroxyl groups is 1.